The Labute approximate surface area is 253 Å². The predicted octanol–water partition coefficient (Wildman–Crippen LogP) is 4.10. The van der Waals surface area contributed by atoms with Gasteiger partial charge in [0.2, 0.25) is 0 Å². The van der Waals surface area contributed by atoms with Crippen molar-refractivity contribution in [3.8, 4) is 11.5 Å². The maximum absolute atomic E-state index is 10.0. The highest BCUT2D eigenvalue weighted by Crippen LogP contribution is 2.20. The second-order valence-corrected chi connectivity index (χ2v) is 7.79. The number of ether oxygens (including phenoxy) is 3. The summed E-state index contributed by atoms with van der Waals surface area (Å²) in [7, 11) is 3.25. The molecule has 0 fully saturated rings. The van der Waals surface area contributed by atoms with Crippen molar-refractivity contribution in [2.75, 3.05) is 43.4 Å². The number of methoxy groups -OCH3 is 2. The van der Waals surface area contributed by atoms with Crippen molar-refractivity contribution >= 4 is 65.3 Å². The Morgan fingerprint density at radius 2 is 1.31 bits per heavy atom. The Morgan fingerprint density at radius 3 is 1.74 bits per heavy atom. The zero-order valence-electron chi connectivity index (χ0n) is 22.6. The molecule has 4 rings (SSSR count). The average Bonchev–Trinajstić information content (AvgIpc) is 2.99. The van der Waals surface area contributed by atoms with Crippen molar-refractivity contribution in [3.05, 3.63) is 78.5 Å². The number of carbonyl (C=O) groups is 2. The SMILES string of the molecule is COc1ccc(Nc2cc(Cl)ncn2)cc1.COc1ccc(Nc2cc(NCOC=O)ncn2)cc1.Cl.NCC(=O)O. The average molecular weight is 621 g/mol. The van der Waals surface area contributed by atoms with Gasteiger partial charge in [-0.05, 0) is 48.5 Å². The fourth-order valence-electron chi connectivity index (χ4n) is 2.72. The van der Waals surface area contributed by atoms with Gasteiger partial charge in [-0.3, -0.25) is 9.59 Å². The molecule has 4 aromatic rings. The fraction of sp³-hybridized carbons (Fsp3) is 0.154. The monoisotopic (exact) mass is 620 g/mol. The molecule has 2 aromatic heterocycles. The van der Waals surface area contributed by atoms with E-state index in [0.29, 0.717) is 29.1 Å². The number of aromatic nitrogens is 4. The van der Waals surface area contributed by atoms with Gasteiger partial charge in [0, 0.05) is 23.5 Å². The fourth-order valence-corrected chi connectivity index (χ4v) is 2.87. The van der Waals surface area contributed by atoms with Gasteiger partial charge in [0.1, 0.15) is 46.8 Å². The van der Waals surface area contributed by atoms with Gasteiger partial charge in [-0.1, -0.05) is 11.6 Å². The minimum atomic E-state index is -0.968. The van der Waals surface area contributed by atoms with E-state index >= 15 is 0 Å². The Kier molecular flexibility index (Phi) is 16.7. The molecule has 42 heavy (non-hydrogen) atoms. The van der Waals surface area contributed by atoms with Crippen molar-refractivity contribution in [1.82, 2.24) is 19.9 Å². The number of nitrogens with two attached hydrogens (primary N) is 1. The van der Waals surface area contributed by atoms with E-state index in [-0.39, 0.29) is 25.7 Å². The van der Waals surface area contributed by atoms with Crippen LogP contribution < -0.4 is 31.2 Å². The molecule has 2 aromatic carbocycles. The summed E-state index contributed by atoms with van der Waals surface area (Å²) >= 11 is 5.75. The van der Waals surface area contributed by atoms with E-state index < -0.39 is 5.97 Å². The maximum Gasteiger partial charge on any atom is 0.317 e. The van der Waals surface area contributed by atoms with Crippen molar-refractivity contribution in [3.63, 3.8) is 0 Å². The smallest absolute Gasteiger partial charge is 0.317 e. The molecular formula is C26H30Cl2N8O6. The molecule has 0 saturated heterocycles. The van der Waals surface area contributed by atoms with E-state index in [1.54, 1.807) is 26.4 Å². The van der Waals surface area contributed by atoms with Gasteiger partial charge in [0.15, 0.2) is 6.73 Å². The van der Waals surface area contributed by atoms with Crippen LogP contribution >= 0.6 is 24.0 Å². The first-order valence-corrected chi connectivity index (χ1v) is 12.1. The van der Waals surface area contributed by atoms with Crippen LogP contribution in [0.3, 0.4) is 0 Å². The number of carboxylic acid groups (broad SMARTS) is 1. The molecule has 2 heterocycles. The van der Waals surface area contributed by atoms with Crippen LogP contribution in [0.5, 0.6) is 11.5 Å². The molecule has 0 amide bonds. The van der Waals surface area contributed by atoms with Crippen LogP contribution in [0.1, 0.15) is 0 Å². The number of rotatable bonds is 11. The van der Waals surface area contributed by atoms with Crippen LogP contribution in [0.4, 0.5) is 28.8 Å². The van der Waals surface area contributed by atoms with Crippen LogP contribution in [0, 0.1) is 0 Å². The quantitative estimate of drug-likeness (QED) is 0.0695. The number of hydrogen-bond donors (Lipinski definition) is 5. The van der Waals surface area contributed by atoms with E-state index in [4.69, 9.17) is 26.2 Å². The third-order valence-electron chi connectivity index (χ3n) is 4.60. The normalized spacial score (nSPS) is 9.24. The van der Waals surface area contributed by atoms with E-state index in [0.717, 1.165) is 22.9 Å². The first-order valence-electron chi connectivity index (χ1n) is 11.7. The zero-order valence-corrected chi connectivity index (χ0v) is 24.1. The largest absolute Gasteiger partial charge is 0.497 e. The van der Waals surface area contributed by atoms with Crippen LogP contribution in [0.25, 0.3) is 0 Å². The number of benzene rings is 2. The number of hydrogen-bond acceptors (Lipinski definition) is 13. The standard InChI is InChI=1S/C13H14N4O3.C11H10ClN3O.C2H5NO2.ClH/c1-19-11-4-2-10(3-5-11)17-13-6-12(14-7-15-13)16-8-20-9-18;1-16-9-4-2-8(3-5-9)15-11-6-10(12)13-7-14-11;3-1-2(4)5;/h2-7,9H,8H2,1H3,(H2,14,15,16,17);2-7H,1H3,(H,13,14,15);1,3H2,(H,4,5);1H. The highest BCUT2D eigenvalue weighted by Gasteiger charge is 2.01. The highest BCUT2D eigenvalue weighted by molar-refractivity contribution is 6.29. The summed E-state index contributed by atoms with van der Waals surface area (Å²) in [4.78, 5) is 35.2. The second-order valence-electron chi connectivity index (χ2n) is 7.40. The van der Waals surface area contributed by atoms with Crippen molar-refractivity contribution < 1.29 is 28.9 Å². The molecule has 0 spiro atoms. The van der Waals surface area contributed by atoms with Gasteiger partial charge < -0.3 is 41.0 Å². The highest BCUT2D eigenvalue weighted by atomic mass is 35.5. The van der Waals surface area contributed by atoms with E-state index in [1.165, 1.54) is 12.7 Å². The summed E-state index contributed by atoms with van der Waals surface area (Å²) in [6, 6.07) is 18.3. The first kappa shape index (κ1) is 35.1. The van der Waals surface area contributed by atoms with Gasteiger partial charge in [-0.15, -0.1) is 12.4 Å². The van der Waals surface area contributed by atoms with E-state index in [9.17, 15) is 9.59 Å². The lowest BCUT2D eigenvalue weighted by atomic mass is 10.3. The molecule has 0 aliphatic carbocycles. The Bertz CT molecular complexity index is 1350. The number of carbonyl (C=O) groups excluding carboxylic acids is 1. The number of nitrogens with zero attached hydrogens (tertiary/aromatic N) is 4. The number of aliphatic carboxylic acids is 1. The van der Waals surface area contributed by atoms with Crippen molar-refractivity contribution in [2.24, 2.45) is 5.73 Å². The molecule has 0 aliphatic heterocycles. The summed E-state index contributed by atoms with van der Waals surface area (Å²) < 4.78 is 14.7. The van der Waals surface area contributed by atoms with Gasteiger partial charge in [0.25, 0.3) is 6.47 Å². The zero-order chi connectivity index (χ0) is 29.9. The molecule has 0 unspecified atom stereocenters. The molecule has 0 saturated carbocycles. The summed E-state index contributed by atoms with van der Waals surface area (Å²) in [5, 5.41) is 17.1. The third kappa shape index (κ3) is 13.9. The van der Waals surface area contributed by atoms with Crippen LogP contribution in [0.15, 0.2) is 73.3 Å². The van der Waals surface area contributed by atoms with Crippen LogP contribution in [-0.2, 0) is 14.3 Å². The maximum atomic E-state index is 10.0. The molecule has 6 N–H and O–H groups in total. The second kappa shape index (κ2) is 20.0. The topological polar surface area (TPSA) is 196 Å². The molecule has 0 bridgehead atoms. The van der Waals surface area contributed by atoms with Crippen LogP contribution in [-0.4, -0.2) is 65.0 Å². The van der Waals surface area contributed by atoms with Gasteiger partial charge in [-0.25, -0.2) is 19.9 Å². The Morgan fingerprint density at radius 1 is 0.857 bits per heavy atom. The van der Waals surface area contributed by atoms with Crippen molar-refractivity contribution in [1.29, 1.82) is 0 Å². The summed E-state index contributed by atoms with van der Waals surface area (Å²) in [6.07, 6.45) is 2.82. The van der Waals surface area contributed by atoms with E-state index in [1.807, 2.05) is 48.5 Å². The van der Waals surface area contributed by atoms with E-state index in [2.05, 4.69) is 46.4 Å². The minimum absolute atomic E-state index is 0. The van der Waals surface area contributed by atoms with Crippen LogP contribution in [0.2, 0.25) is 5.15 Å². The molecule has 0 atom stereocenters. The molecule has 0 radical (unpaired) electrons. The summed E-state index contributed by atoms with van der Waals surface area (Å²) in [5.74, 6) is 2.46. The molecule has 16 heteroatoms. The lowest BCUT2D eigenvalue weighted by Gasteiger charge is -2.08. The lowest BCUT2D eigenvalue weighted by Crippen LogP contribution is -2.10. The first-order chi connectivity index (χ1) is 19.9. The number of carboxylic acids is 1. The molecular weight excluding hydrogens is 591 g/mol. The summed E-state index contributed by atoms with van der Waals surface area (Å²) in [6.45, 7) is 0.146. The minimum Gasteiger partial charge on any atom is -0.497 e. The summed E-state index contributed by atoms with van der Waals surface area (Å²) in [5.41, 5.74) is 6.36. The Balaban J connectivity index is 0.000000360. The third-order valence-corrected chi connectivity index (χ3v) is 4.81. The predicted molar refractivity (Wildman–Crippen MR) is 161 cm³/mol. The van der Waals surface area contributed by atoms with Gasteiger partial charge >= 0.3 is 5.97 Å². The van der Waals surface area contributed by atoms with Crippen molar-refractivity contribution in [2.45, 2.75) is 0 Å². The van der Waals surface area contributed by atoms with Gasteiger partial charge in [-0.2, -0.15) is 0 Å². The Hall–Kier alpha value is -4.92. The number of anilines is 5. The van der Waals surface area contributed by atoms with Gasteiger partial charge in [0.05, 0.1) is 20.8 Å². The lowest BCUT2D eigenvalue weighted by molar-refractivity contribution is -0.135. The number of nitrogens with one attached hydrogen (secondary N) is 3. The molecule has 0 aliphatic rings. The molecule has 224 valence electrons. The molecule has 14 nitrogen and oxygen atoms in total. The number of halogens is 2.